The second kappa shape index (κ2) is 3.91. The summed E-state index contributed by atoms with van der Waals surface area (Å²) >= 11 is 3.48. The van der Waals surface area contributed by atoms with Gasteiger partial charge in [0, 0.05) is 22.5 Å². The van der Waals surface area contributed by atoms with E-state index in [1.165, 1.54) is 5.56 Å². The van der Waals surface area contributed by atoms with Crippen LogP contribution in [0.1, 0.15) is 24.9 Å². The van der Waals surface area contributed by atoms with Crippen molar-refractivity contribution in [2.24, 2.45) is 0 Å². The molecule has 1 N–H and O–H groups in total. The van der Waals surface area contributed by atoms with Crippen molar-refractivity contribution in [3.63, 3.8) is 0 Å². The summed E-state index contributed by atoms with van der Waals surface area (Å²) in [5.74, 6) is 1.01. The Labute approximate surface area is 92.8 Å². The number of benzene rings is 1. The Kier molecular flexibility index (Phi) is 2.79. The third kappa shape index (κ3) is 1.79. The normalized spacial score (nSPS) is 25.4. The maximum atomic E-state index is 5.76. The Morgan fingerprint density at radius 1 is 1.50 bits per heavy atom. The Hall–Kier alpha value is -0.540. The van der Waals surface area contributed by atoms with Gasteiger partial charge >= 0.3 is 0 Å². The zero-order valence-electron chi connectivity index (χ0n) is 8.38. The molecule has 0 saturated heterocycles. The molecule has 0 saturated carbocycles. The van der Waals surface area contributed by atoms with E-state index in [4.69, 9.17) is 4.74 Å². The highest BCUT2D eigenvalue weighted by Crippen LogP contribution is 2.36. The molecule has 1 aliphatic heterocycles. The predicted octanol–water partition coefficient (Wildman–Crippen LogP) is 2.88. The van der Waals surface area contributed by atoms with E-state index in [1.807, 2.05) is 19.2 Å². The molecule has 1 aromatic carbocycles. The van der Waals surface area contributed by atoms with Crippen LogP contribution in [0.5, 0.6) is 5.75 Å². The van der Waals surface area contributed by atoms with Gasteiger partial charge in [-0.05, 0) is 32.2 Å². The highest BCUT2D eigenvalue weighted by molar-refractivity contribution is 9.10. The highest BCUT2D eigenvalue weighted by atomic mass is 79.9. The molecule has 1 aromatic rings. The van der Waals surface area contributed by atoms with Crippen molar-refractivity contribution in [2.45, 2.75) is 25.5 Å². The molecular formula is C11H14BrNO. The molecule has 3 heteroatoms. The van der Waals surface area contributed by atoms with Gasteiger partial charge in [0.2, 0.25) is 0 Å². The second-order valence-electron chi connectivity index (χ2n) is 3.69. The van der Waals surface area contributed by atoms with Gasteiger partial charge in [-0.1, -0.05) is 15.9 Å². The van der Waals surface area contributed by atoms with Crippen molar-refractivity contribution in [3.8, 4) is 5.75 Å². The van der Waals surface area contributed by atoms with Crippen LogP contribution in [-0.2, 0) is 0 Å². The van der Waals surface area contributed by atoms with Crippen molar-refractivity contribution in [3.05, 3.63) is 28.2 Å². The monoisotopic (exact) mass is 255 g/mol. The van der Waals surface area contributed by atoms with Crippen molar-refractivity contribution in [2.75, 3.05) is 7.05 Å². The third-order valence-corrected chi connectivity index (χ3v) is 3.08. The molecule has 0 radical (unpaired) electrons. The van der Waals surface area contributed by atoms with Crippen LogP contribution in [0.25, 0.3) is 0 Å². The van der Waals surface area contributed by atoms with Crippen LogP contribution in [0.2, 0.25) is 0 Å². The van der Waals surface area contributed by atoms with E-state index < -0.39 is 0 Å². The van der Waals surface area contributed by atoms with Crippen molar-refractivity contribution in [1.82, 2.24) is 5.32 Å². The van der Waals surface area contributed by atoms with Gasteiger partial charge < -0.3 is 10.1 Å². The lowest BCUT2D eigenvalue weighted by molar-refractivity contribution is 0.169. The van der Waals surface area contributed by atoms with Crippen LogP contribution < -0.4 is 10.1 Å². The molecular weight excluding hydrogens is 242 g/mol. The van der Waals surface area contributed by atoms with E-state index >= 15 is 0 Å². The Bertz CT molecular complexity index is 340. The van der Waals surface area contributed by atoms with Crippen LogP contribution in [0.3, 0.4) is 0 Å². The highest BCUT2D eigenvalue weighted by Gasteiger charge is 2.24. The summed E-state index contributed by atoms with van der Waals surface area (Å²) in [5, 5.41) is 3.32. The SMILES string of the molecule is CNC1CC(C)Oc2ccc(Br)cc21. The van der Waals surface area contributed by atoms with Crippen LogP contribution in [-0.4, -0.2) is 13.2 Å². The molecule has 0 amide bonds. The topological polar surface area (TPSA) is 21.3 Å². The van der Waals surface area contributed by atoms with E-state index in [9.17, 15) is 0 Å². The molecule has 0 fully saturated rings. The second-order valence-corrected chi connectivity index (χ2v) is 4.60. The first-order valence-corrected chi connectivity index (χ1v) is 5.63. The van der Waals surface area contributed by atoms with E-state index in [2.05, 4.69) is 34.2 Å². The Morgan fingerprint density at radius 3 is 3.00 bits per heavy atom. The first-order chi connectivity index (χ1) is 6.70. The Morgan fingerprint density at radius 2 is 2.29 bits per heavy atom. The van der Waals surface area contributed by atoms with E-state index in [0.717, 1.165) is 16.6 Å². The smallest absolute Gasteiger partial charge is 0.124 e. The lowest BCUT2D eigenvalue weighted by atomic mass is 9.97. The van der Waals surface area contributed by atoms with Crippen molar-refractivity contribution >= 4 is 15.9 Å². The van der Waals surface area contributed by atoms with Gasteiger partial charge in [0.15, 0.2) is 0 Å². The maximum Gasteiger partial charge on any atom is 0.124 e. The summed E-state index contributed by atoms with van der Waals surface area (Å²) < 4.78 is 6.86. The third-order valence-electron chi connectivity index (χ3n) is 2.59. The summed E-state index contributed by atoms with van der Waals surface area (Å²) in [7, 11) is 1.99. The molecule has 14 heavy (non-hydrogen) atoms. The summed E-state index contributed by atoms with van der Waals surface area (Å²) in [5.41, 5.74) is 1.25. The number of fused-ring (bicyclic) bond motifs is 1. The minimum atomic E-state index is 0.293. The standard InChI is InChI=1S/C11H14BrNO/c1-7-5-10(13-2)9-6-8(12)3-4-11(9)14-7/h3-4,6-7,10,13H,5H2,1-2H3. The quantitative estimate of drug-likeness (QED) is 0.834. The molecule has 2 rings (SSSR count). The van der Waals surface area contributed by atoms with Gasteiger partial charge in [0.25, 0.3) is 0 Å². The van der Waals surface area contributed by atoms with E-state index in [1.54, 1.807) is 0 Å². The van der Waals surface area contributed by atoms with Gasteiger partial charge in [-0.2, -0.15) is 0 Å². The van der Waals surface area contributed by atoms with Gasteiger partial charge in [-0.3, -0.25) is 0 Å². The molecule has 2 atom stereocenters. The largest absolute Gasteiger partial charge is 0.490 e. The van der Waals surface area contributed by atoms with Crippen LogP contribution in [0, 0.1) is 0 Å². The van der Waals surface area contributed by atoms with E-state index in [0.29, 0.717) is 12.1 Å². The molecule has 0 bridgehead atoms. The minimum Gasteiger partial charge on any atom is -0.490 e. The van der Waals surface area contributed by atoms with Gasteiger partial charge in [0.05, 0.1) is 6.10 Å². The minimum absolute atomic E-state index is 0.293. The molecule has 76 valence electrons. The average Bonchev–Trinajstić information content (AvgIpc) is 2.17. The predicted molar refractivity (Wildman–Crippen MR) is 60.6 cm³/mol. The summed E-state index contributed by atoms with van der Waals surface area (Å²) in [6, 6.07) is 6.58. The number of halogens is 1. The fourth-order valence-electron chi connectivity index (χ4n) is 1.90. The molecule has 2 nitrogen and oxygen atoms in total. The summed E-state index contributed by atoms with van der Waals surface area (Å²) in [6.07, 6.45) is 1.32. The molecule has 1 aliphatic rings. The van der Waals surface area contributed by atoms with Crippen LogP contribution in [0.4, 0.5) is 0 Å². The fraction of sp³-hybridized carbons (Fsp3) is 0.455. The molecule has 0 aliphatic carbocycles. The van der Waals surface area contributed by atoms with Gasteiger partial charge in [-0.15, -0.1) is 0 Å². The van der Waals surface area contributed by atoms with Crippen LogP contribution >= 0.6 is 15.9 Å². The average molecular weight is 256 g/mol. The first-order valence-electron chi connectivity index (χ1n) is 4.84. The van der Waals surface area contributed by atoms with E-state index in [-0.39, 0.29) is 0 Å². The lowest BCUT2D eigenvalue weighted by Crippen LogP contribution is -2.29. The van der Waals surface area contributed by atoms with Crippen LogP contribution in [0.15, 0.2) is 22.7 Å². The molecule has 0 spiro atoms. The summed E-state index contributed by atoms with van der Waals surface area (Å²) in [6.45, 7) is 2.11. The number of hydrogen-bond acceptors (Lipinski definition) is 2. The van der Waals surface area contributed by atoms with Gasteiger partial charge in [0.1, 0.15) is 5.75 Å². The van der Waals surface area contributed by atoms with Crippen molar-refractivity contribution in [1.29, 1.82) is 0 Å². The number of rotatable bonds is 1. The first kappa shape index (κ1) is 9.99. The molecule has 2 unspecified atom stereocenters. The fourth-order valence-corrected chi connectivity index (χ4v) is 2.27. The molecule has 1 heterocycles. The number of nitrogens with one attached hydrogen (secondary N) is 1. The zero-order valence-corrected chi connectivity index (χ0v) is 9.97. The zero-order chi connectivity index (χ0) is 10.1. The number of hydrogen-bond donors (Lipinski definition) is 1. The molecule has 0 aromatic heterocycles. The number of ether oxygens (including phenoxy) is 1. The van der Waals surface area contributed by atoms with Gasteiger partial charge in [-0.25, -0.2) is 0 Å². The Balaban J connectivity index is 2.41. The maximum absolute atomic E-state index is 5.76. The van der Waals surface area contributed by atoms with Crippen molar-refractivity contribution < 1.29 is 4.74 Å². The lowest BCUT2D eigenvalue weighted by Gasteiger charge is -2.30. The summed E-state index contributed by atoms with van der Waals surface area (Å²) in [4.78, 5) is 0.